The standard InChI is InChI=1S/C16H23N3O3.C16H20N2O2.ClH.H3NO/c1-16(2,3)22-15(20)18-13-6-4-5-10-9-11(14(17)19-21)7-8-12(10)13;1-16(2,3)20-15(19)18-14-7-5-6-11-10-12(17-4)8-9-13(11)14;;1-2/h7-9,13,21H,4-6H2,1-3H3,(H2,17,19)(H,18,20);8-10,14H,5-7H2,1-3H3,(H,18,19);1H;2H,1H2. The van der Waals surface area contributed by atoms with Crippen molar-refractivity contribution in [1.29, 1.82) is 0 Å². The summed E-state index contributed by atoms with van der Waals surface area (Å²) < 4.78 is 10.6. The van der Waals surface area contributed by atoms with Gasteiger partial charge >= 0.3 is 12.2 Å². The highest BCUT2D eigenvalue weighted by Gasteiger charge is 2.26. The lowest BCUT2D eigenvalue weighted by atomic mass is 9.86. The minimum absolute atomic E-state index is 0. The van der Waals surface area contributed by atoms with Crippen LogP contribution in [-0.4, -0.2) is 39.6 Å². The van der Waals surface area contributed by atoms with Crippen molar-refractivity contribution in [3.8, 4) is 0 Å². The Morgan fingerprint density at radius 3 is 1.73 bits per heavy atom. The van der Waals surface area contributed by atoms with Crippen LogP contribution in [0.2, 0.25) is 0 Å². The fourth-order valence-corrected chi connectivity index (χ4v) is 5.10. The van der Waals surface area contributed by atoms with Crippen molar-refractivity contribution >= 4 is 36.1 Å². The van der Waals surface area contributed by atoms with E-state index in [2.05, 4.69) is 26.5 Å². The Balaban J connectivity index is 0.000000419. The van der Waals surface area contributed by atoms with E-state index in [4.69, 9.17) is 32.2 Å². The number of nitrogens with zero attached hydrogens (tertiary/aromatic N) is 2. The van der Waals surface area contributed by atoms with E-state index in [0.717, 1.165) is 60.8 Å². The highest BCUT2D eigenvalue weighted by Crippen LogP contribution is 2.33. The number of hydrogen-bond acceptors (Lipinski definition) is 8. The number of oxime groups is 1. The van der Waals surface area contributed by atoms with Crippen LogP contribution in [0.15, 0.2) is 41.6 Å². The Hall–Kier alpha value is -4.05. The van der Waals surface area contributed by atoms with Crippen LogP contribution in [0.3, 0.4) is 0 Å². The average Bonchev–Trinajstić information content (AvgIpc) is 2.96. The van der Waals surface area contributed by atoms with E-state index in [-0.39, 0.29) is 36.4 Å². The molecular formula is C32H47ClN6O6. The third kappa shape index (κ3) is 12.5. The molecule has 2 aliphatic rings. The first-order valence-corrected chi connectivity index (χ1v) is 14.5. The summed E-state index contributed by atoms with van der Waals surface area (Å²) in [6, 6.07) is 11.2. The Morgan fingerprint density at radius 1 is 0.867 bits per heavy atom. The molecule has 2 aliphatic carbocycles. The number of amidine groups is 1. The molecule has 0 heterocycles. The molecule has 2 amide bonds. The zero-order chi connectivity index (χ0) is 33.1. The number of alkyl carbamates (subject to hydrolysis) is 2. The smallest absolute Gasteiger partial charge is 0.408 e. The third-order valence-corrected chi connectivity index (χ3v) is 6.81. The van der Waals surface area contributed by atoms with E-state index < -0.39 is 17.3 Å². The molecule has 0 radical (unpaired) electrons. The predicted octanol–water partition coefficient (Wildman–Crippen LogP) is 6.58. The maximum Gasteiger partial charge on any atom is 0.408 e. The van der Waals surface area contributed by atoms with Crippen molar-refractivity contribution < 1.29 is 29.5 Å². The van der Waals surface area contributed by atoms with Crippen molar-refractivity contribution in [3.05, 3.63) is 75.6 Å². The molecule has 0 saturated carbocycles. The molecule has 45 heavy (non-hydrogen) atoms. The number of hydrogen-bond donors (Lipinski definition) is 6. The zero-order valence-electron chi connectivity index (χ0n) is 26.8. The van der Waals surface area contributed by atoms with Crippen molar-refractivity contribution in [1.82, 2.24) is 10.6 Å². The van der Waals surface area contributed by atoms with Crippen molar-refractivity contribution in [3.63, 3.8) is 0 Å². The van der Waals surface area contributed by atoms with Crippen LogP contribution in [0, 0.1) is 6.57 Å². The number of fused-ring (bicyclic) bond motifs is 2. The first kappa shape index (κ1) is 39.0. The molecule has 0 aromatic heterocycles. The summed E-state index contributed by atoms with van der Waals surface area (Å²) >= 11 is 0. The van der Waals surface area contributed by atoms with E-state index in [1.54, 1.807) is 12.1 Å². The molecule has 4 rings (SSSR count). The van der Waals surface area contributed by atoms with Crippen LogP contribution in [0.25, 0.3) is 4.85 Å². The van der Waals surface area contributed by atoms with Crippen molar-refractivity contribution in [2.45, 2.75) is 103 Å². The minimum atomic E-state index is -0.516. The number of carbonyl (C=O) groups is 2. The van der Waals surface area contributed by atoms with Gasteiger partial charge in [0, 0.05) is 5.56 Å². The van der Waals surface area contributed by atoms with Gasteiger partial charge in [0.05, 0.1) is 18.7 Å². The molecule has 2 unspecified atom stereocenters. The van der Waals surface area contributed by atoms with Gasteiger partial charge in [-0.05, 0) is 103 Å². The summed E-state index contributed by atoms with van der Waals surface area (Å²) in [4.78, 5) is 27.3. The second kappa shape index (κ2) is 17.4. The van der Waals surface area contributed by atoms with Crippen LogP contribution < -0.4 is 22.3 Å². The quantitative estimate of drug-likeness (QED) is 0.0709. The summed E-state index contributed by atoms with van der Waals surface area (Å²) in [6.45, 7) is 18.1. The summed E-state index contributed by atoms with van der Waals surface area (Å²) in [5.74, 6) is 3.59. The zero-order valence-corrected chi connectivity index (χ0v) is 27.7. The van der Waals surface area contributed by atoms with Gasteiger partial charge in [-0.3, -0.25) is 0 Å². The SMILES string of the molecule is CC(C)(C)OC(=O)NC1CCCc2cc(C(N)=NO)ccc21.Cl.NO.[C-]#[N+]c1ccc2c(c1)CCCC2NC(=O)OC(C)(C)C. The molecule has 0 bridgehead atoms. The van der Waals surface area contributed by atoms with Gasteiger partial charge in [-0.2, -0.15) is 0 Å². The highest BCUT2D eigenvalue weighted by molar-refractivity contribution is 5.97. The molecular weight excluding hydrogens is 600 g/mol. The van der Waals surface area contributed by atoms with Crippen LogP contribution in [-0.2, 0) is 22.3 Å². The third-order valence-electron chi connectivity index (χ3n) is 6.81. The summed E-state index contributed by atoms with van der Waals surface area (Å²) in [5, 5.41) is 24.1. The highest BCUT2D eigenvalue weighted by atomic mass is 35.5. The number of nitrogens with one attached hydrogen (secondary N) is 2. The average molecular weight is 647 g/mol. The Morgan fingerprint density at radius 2 is 1.31 bits per heavy atom. The number of rotatable bonds is 3. The number of ether oxygens (including phenoxy) is 2. The normalized spacial score (nSPS) is 17.1. The maximum absolute atomic E-state index is 12.0. The number of nitrogens with two attached hydrogens (primary N) is 2. The molecule has 0 aliphatic heterocycles. The molecule has 2 aromatic rings. The van der Waals surface area contributed by atoms with Crippen molar-refractivity contribution in [2.24, 2.45) is 16.8 Å². The van der Waals surface area contributed by atoms with Gasteiger partial charge in [-0.1, -0.05) is 41.1 Å². The Labute approximate surface area is 271 Å². The maximum atomic E-state index is 12.0. The summed E-state index contributed by atoms with van der Waals surface area (Å²) in [7, 11) is 0. The molecule has 2 atom stereocenters. The first-order valence-electron chi connectivity index (χ1n) is 14.5. The number of benzene rings is 2. The van der Waals surface area contributed by atoms with E-state index in [1.807, 2.05) is 65.8 Å². The van der Waals surface area contributed by atoms with Crippen LogP contribution in [0.1, 0.15) is 107 Å². The molecule has 0 spiro atoms. The molecule has 8 N–H and O–H groups in total. The van der Waals surface area contributed by atoms with Gasteiger partial charge in [0.25, 0.3) is 0 Å². The number of amides is 2. The summed E-state index contributed by atoms with van der Waals surface area (Å²) in [6.07, 6.45) is 4.83. The van der Waals surface area contributed by atoms with Gasteiger partial charge in [-0.15, -0.1) is 12.4 Å². The molecule has 248 valence electrons. The summed E-state index contributed by atoms with van der Waals surface area (Å²) in [5.41, 5.74) is 10.4. The molecule has 0 fully saturated rings. The minimum Gasteiger partial charge on any atom is -0.444 e. The monoisotopic (exact) mass is 646 g/mol. The largest absolute Gasteiger partial charge is 0.444 e. The van der Waals surface area contributed by atoms with Gasteiger partial charge in [-0.25, -0.2) is 20.3 Å². The van der Waals surface area contributed by atoms with E-state index >= 15 is 0 Å². The topological polar surface area (TPSA) is 186 Å². The Bertz CT molecular complexity index is 1360. The second-order valence-electron chi connectivity index (χ2n) is 12.6. The molecule has 13 heteroatoms. The van der Waals surface area contributed by atoms with Gasteiger partial charge in [0.15, 0.2) is 11.5 Å². The lowest BCUT2D eigenvalue weighted by Crippen LogP contribution is -2.36. The Kier molecular flexibility index (Phi) is 15.1. The van der Waals surface area contributed by atoms with Crippen molar-refractivity contribution in [2.75, 3.05) is 0 Å². The number of carbonyl (C=O) groups excluding carboxylic acids is 2. The van der Waals surface area contributed by atoms with Gasteiger partial charge in [0.1, 0.15) is 11.2 Å². The molecule has 2 aromatic carbocycles. The van der Waals surface area contributed by atoms with E-state index in [0.29, 0.717) is 11.3 Å². The molecule has 12 nitrogen and oxygen atoms in total. The van der Waals surface area contributed by atoms with E-state index in [1.165, 1.54) is 0 Å². The fraction of sp³-hybridized carbons (Fsp3) is 0.500. The first-order chi connectivity index (χ1) is 20.7. The molecule has 0 saturated heterocycles. The van der Waals surface area contributed by atoms with Crippen LogP contribution in [0.4, 0.5) is 15.3 Å². The van der Waals surface area contributed by atoms with Gasteiger partial charge in [0.2, 0.25) is 0 Å². The van der Waals surface area contributed by atoms with Crippen LogP contribution >= 0.6 is 12.4 Å². The predicted molar refractivity (Wildman–Crippen MR) is 175 cm³/mol. The van der Waals surface area contributed by atoms with Crippen LogP contribution in [0.5, 0.6) is 0 Å². The van der Waals surface area contributed by atoms with Gasteiger partial charge < -0.3 is 36.3 Å². The number of aryl methyl sites for hydroxylation is 2. The number of halogens is 1. The second-order valence-corrected chi connectivity index (χ2v) is 12.6. The lowest BCUT2D eigenvalue weighted by molar-refractivity contribution is 0.0487. The van der Waals surface area contributed by atoms with E-state index in [9.17, 15) is 9.59 Å². The fourth-order valence-electron chi connectivity index (χ4n) is 5.10. The lowest BCUT2D eigenvalue weighted by Gasteiger charge is -2.28.